The Labute approximate surface area is 123 Å². The quantitative estimate of drug-likeness (QED) is 0.905. The number of fused-ring (bicyclic) bond motifs is 1. The summed E-state index contributed by atoms with van der Waals surface area (Å²) in [6.45, 7) is 1.69. The number of carboxylic acid groups (broad SMARTS) is 1. The van der Waals surface area contributed by atoms with E-state index in [2.05, 4.69) is 33.5 Å². The molecule has 3 rings (SSSR count). The fourth-order valence-corrected chi connectivity index (χ4v) is 2.81. The summed E-state index contributed by atoms with van der Waals surface area (Å²) >= 11 is 0. The van der Waals surface area contributed by atoms with E-state index >= 15 is 0 Å². The van der Waals surface area contributed by atoms with Crippen molar-refractivity contribution in [2.45, 2.75) is 32.2 Å². The van der Waals surface area contributed by atoms with Crippen molar-refractivity contribution in [2.24, 2.45) is 0 Å². The van der Waals surface area contributed by atoms with Crippen LogP contribution in [0.2, 0.25) is 0 Å². The van der Waals surface area contributed by atoms with E-state index in [1.54, 1.807) is 6.92 Å². The van der Waals surface area contributed by atoms with Gasteiger partial charge in [0.25, 0.3) is 0 Å². The lowest BCUT2D eigenvalue weighted by atomic mass is 9.88. The van der Waals surface area contributed by atoms with E-state index < -0.39 is 5.97 Å². The molecule has 0 spiro atoms. The molecule has 21 heavy (non-hydrogen) atoms. The van der Waals surface area contributed by atoms with E-state index in [-0.39, 0.29) is 11.6 Å². The van der Waals surface area contributed by atoms with Crippen LogP contribution in [0.4, 0.5) is 5.95 Å². The molecule has 2 aromatic rings. The molecule has 0 fully saturated rings. The Morgan fingerprint density at radius 2 is 2.19 bits per heavy atom. The van der Waals surface area contributed by atoms with Gasteiger partial charge in [-0.05, 0) is 37.3 Å². The normalized spacial score (nSPS) is 17.1. The maximum Gasteiger partial charge on any atom is 0.339 e. The number of aryl methyl sites for hydroxylation is 2. The second-order valence-corrected chi connectivity index (χ2v) is 5.29. The second-order valence-electron chi connectivity index (χ2n) is 5.29. The highest BCUT2D eigenvalue weighted by Crippen LogP contribution is 2.31. The van der Waals surface area contributed by atoms with Crippen LogP contribution in [0.15, 0.2) is 30.5 Å². The third-order valence-electron chi connectivity index (χ3n) is 3.88. The Kier molecular flexibility index (Phi) is 3.56. The first-order valence-electron chi connectivity index (χ1n) is 7.06. The van der Waals surface area contributed by atoms with Gasteiger partial charge in [-0.1, -0.05) is 24.3 Å². The Hall–Kier alpha value is -2.43. The Balaban J connectivity index is 1.85. The summed E-state index contributed by atoms with van der Waals surface area (Å²) in [5, 5.41) is 12.3. The number of benzene rings is 1. The molecule has 108 valence electrons. The molecular weight excluding hydrogens is 266 g/mol. The van der Waals surface area contributed by atoms with Crippen molar-refractivity contribution >= 4 is 11.9 Å². The van der Waals surface area contributed by atoms with Crippen LogP contribution >= 0.6 is 0 Å². The summed E-state index contributed by atoms with van der Waals surface area (Å²) in [6.07, 6.45) is 4.62. The first-order valence-corrected chi connectivity index (χ1v) is 7.06. The smallest absolute Gasteiger partial charge is 0.339 e. The molecule has 0 radical (unpaired) electrons. The summed E-state index contributed by atoms with van der Waals surface area (Å²) in [4.78, 5) is 19.4. The van der Waals surface area contributed by atoms with Crippen molar-refractivity contribution in [3.05, 3.63) is 52.8 Å². The first-order chi connectivity index (χ1) is 10.1. The summed E-state index contributed by atoms with van der Waals surface area (Å²) in [5.74, 6) is -0.513. The minimum atomic E-state index is -0.998. The number of nitrogens with one attached hydrogen (secondary N) is 1. The Morgan fingerprint density at radius 3 is 2.95 bits per heavy atom. The topological polar surface area (TPSA) is 75.1 Å². The number of anilines is 1. The highest BCUT2D eigenvalue weighted by Gasteiger charge is 2.20. The number of carboxylic acids is 1. The lowest BCUT2D eigenvalue weighted by Gasteiger charge is -2.26. The molecule has 1 aliphatic rings. The lowest BCUT2D eigenvalue weighted by molar-refractivity contribution is 0.0695. The van der Waals surface area contributed by atoms with E-state index in [4.69, 9.17) is 5.11 Å². The third kappa shape index (κ3) is 2.72. The summed E-state index contributed by atoms with van der Waals surface area (Å²) in [7, 11) is 0. The summed E-state index contributed by atoms with van der Waals surface area (Å²) in [6, 6.07) is 8.57. The van der Waals surface area contributed by atoms with Crippen LogP contribution in [0, 0.1) is 6.92 Å². The average Bonchev–Trinajstić information content (AvgIpc) is 2.47. The van der Waals surface area contributed by atoms with Crippen LogP contribution in [0.5, 0.6) is 0 Å². The van der Waals surface area contributed by atoms with Gasteiger partial charge in [0.2, 0.25) is 5.95 Å². The van der Waals surface area contributed by atoms with Crippen LogP contribution in [-0.2, 0) is 6.42 Å². The maximum absolute atomic E-state index is 11.0. The van der Waals surface area contributed by atoms with Gasteiger partial charge in [0.1, 0.15) is 0 Å². The molecule has 5 heteroatoms. The molecular formula is C16H17N3O2. The first kappa shape index (κ1) is 13.5. The van der Waals surface area contributed by atoms with Crippen molar-refractivity contribution in [1.29, 1.82) is 0 Å². The fraction of sp³-hybridized carbons (Fsp3) is 0.312. The van der Waals surface area contributed by atoms with Gasteiger partial charge in [0.05, 0.1) is 17.3 Å². The highest BCUT2D eigenvalue weighted by atomic mass is 16.4. The van der Waals surface area contributed by atoms with Gasteiger partial charge in [-0.2, -0.15) is 0 Å². The lowest BCUT2D eigenvalue weighted by Crippen LogP contribution is -2.19. The van der Waals surface area contributed by atoms with Crippen molar-refractivity contribution in [3.63, 3.8) is 0 Å². The van der Waals surface area contributed by atoms with Gasteiger partial charge in [-0.15, -0.1) is 0 Å². The standard InChI is InChI=1S/C16H17N3O2/c1-10-13(15(20)21)9-17-16(18-10)19-14-8-4-6-11-5-2-3-7-12(11)14/h2-3,5,7,9,14H,4,6,8H2,1H3,(H,20,21)(H,17,18,19)/t14-/m1/s1. The molecule has 1 aliphatic carbocycles. The zero-order valence-electron chi connectivity index (χ0n) is 11.8. The molecule has 0 aliphatic heterocycles. The molecule has 0 saturated heterocycles. The maximum atomic E-state index is 11.0. The van der Waals surface area contributed by atoms with Crippen LogP contribution in [0.25, 0.3) is 0 Å². The van der Waals surface area contributed by atoms with Gasteiger partial charge in [-0.3, -0.25) is 0 Å². The number of aromatic carboxylic acids is 1. The van der Waals surface area contributed by atoms with Gasteiger partial charge >= 0.3 is 5.97 Å². The zero-order valence-corrected chi connectivity index (χ0v) is 11.8. The number of hydrogen-bond donors (Lipinski definition) is 2. The fourth-order valence-electron chi connectivity index (χ4n) is 2.81. The molecule has 0 unspecified atom stereocenters. The van der Waals surface area contributed by atoms with E-state index in [1.807, 2.05) is 6.07 Å². The predicted octanol–water partition coefficient (Wildman–Crippen LogP) is 2.97. The minimum absolute atomic E-state index is 0.143. The number of rotatable bonds is 3. The molecule has 1 aromatic carbocycles. The molecule has 0 saturated carbocycles. The largest absolute Gasteiger partial charge is 0.478 e. The monoisotopic (exact) mass is 283 g/mol. The minimum Gasteiger partial charge on any atom is -0.478 e. The number of carbonyl (C=O) groups is 1. The molecule has 0 bridgehead atoms. The SMILES string of the molecule is Cc1nc(N[C@@H]2CCCc3ccccc32)ncc1C(=O)O. The Bertz CT molecular complexity index is 685. The van der Waals surface area contributed by atoms with Crippen LogP contribution < -0.4 is 5.32 Å². The van der Waals surface area contributed by atoms with Crippen molar-refractivity contribution in [1.82, 2.24) is 9.97 Å². The van der Waals surface area contributed by atoms with Crippen molar-refractivity contribution < 1.29 is 9.90 Å². The van der Waals surface area contributed by atoms with Gasteiger partial charge in [-0.25, -0.2) is 14.8 Å². The van der Waals surface area contributed by atoms with E-state index in [0.29, 0.717) is 11.6 Å². The second kappa shape index (κ2) is 5.52. The molecule has 2 N–H and O–H groups in total. The van der Waals surface area contributed by atoms with E-state index in [9.17, 15) is 4.79 Å². The van der Waals surface area contributed by atoms with Gasteiger partial charge in [0, 0.05) is 6.20 Å². The molecule has 1 heterocycles. The zero-order chi connectivity index (χ0) is 14.8. The number of nitrogens with zero attached hydrogens (tertiary/aromatic N) is 2. The summed E-state index contributed by atoms with van der Waals surface area (Å²) in [5.41, 5.74) is 3.26. The number of aromatic nitrogens is 2. The molecule has 0 amide bonds. The van der Waals surface area contributed by atoms with Crippen molar-refractivity contribution in [2.75, 3.05) is 5.32 Å². The Morgan fingerprint density at radius 1 is 1.38 bits per heavy atom. The van der Waals surface area contributed by atoms with Crippen LogP contribution in [0.1, 0.15) is 46.1 Å². The highest BCUT2D eigenvalue weighted by molar-refractivity contribution is 5.88. The van der Waals surface area contributed by atoms with Gasteiger partial charge < -0.3 is 10.4 Å². The molecule has 1 atom stereocenters. The predicted molar refractivity (Wildman–Crippen MR) is 79.5 cm³/mol. The third-order valence-corrected chi connectivity index (χ3v) is 3.88. The summed E-state index contributed by atoms with van der Waals surface area (Å²) < 4.78 is 0. The van der Waals surface area contributed by atoms with E-state index in [0.717, 1.165) is 19.3 Å². The van der Waals surface area contributed by atoms with Crippen molar-refractivity contribution in [3.8, 4) is 0 Å². The molecule has 1 aromatic heterocycles. The van der Waals surface area contributed by atoms with Crippen LogP contribution in [0.3, 0.4) is 0 Å². The van der Waals surface area contributed by atoms with E-state index in [1.165, 1.54) is 17.3 Å². The number of hydrogen-bond acceptors (Lipinski definition) is 4. The van der Waals surface area contributed by atoms with Gasteiger partial charge in [0.15, 0.2) is 0 Å². The van der Waals surface area contributed by atoms with Crippen LogP contribution in [-0.4, -0.2) is 21.0 Å². The average molecular weight is 283 g/mol. The molecule has 5 nitrogen and oxygen atoms in total.